The molecule has 0 amide bonds. The van der Waals surface area contributed by atoms with E-state index in [1.807, 2.05) is 25.1 Å². The number of nitrogen functional groups attached to an aromatic ring is 1. The smallest absolute Gasteiger partial charge is 0.152 e. The summed E-state index contributed by atoms with van der Waals surface area (Å²) in [5.74, 6) is 1.55. The van der Waals surface area contributed by atoms with Crippen LogP contribution in [0.4, 0.5) is 5.82 Å². The minimum absolute atomic E-state index is 0.495. The molecule has 0 aliphatic rings. The molecule has 0 unspecified atom stereocenters. The van der Waals surface area contributed by atoms with Gasteiger partial charge in [0.1, 0.15) is 17.9 Å². The third-order valence-corrected chi connectivity index (χ3v) is 4.51. The van der Waals surface area contributed by atoms with Crippen molar-refractivity contribution in [2.45, 2.75) is 53.0 Å². The molecule has 0 atom stereocenters. The molecule has 0 saturated heterocycles. The molecule has 2 N–H and O–H groups in total. The molecule has 0 radical (unpaired) electrons. The summed E-state index contributed by atoms with van der Waals surface area (Å²) in [6.07, 6.45) is 3.71. The average molecular weight is 353 g/mol. The number of aromatic nitrogens is 3. The molecule has 26 heavy (non-hydrogen) atoms. The molecule has 0 aliphatic heterocycles. The molecule has 2 aromatic heterocycles. The second kappa shape index (κ2) is 8.17. The van der Waals surface area contributed by atoms with Gasteiger partial charge in [-0.15, -0.1) is 0 Å². The number of rotatable bonds is 8. The SMILES string of the molecule is CCCc1nc2c(N)nc3ccccc3c2n1CCCO/N=C(/C)CC. The minimum Gasteiger partial charge on any atom is -0.396 e. The van der Waals surface area contributed by atoms with Crippen molar-refractivity contribution in [2.75, 3.05) is 12.3 Å². The van der Waals surface area contributed by atoms with Crippen LogP contribution in [0.2, 0.25) is 0 Å². The molecule has 138 valence electrons. The average Bonchev–Trinajstić information content (AvgIpc) is 3.01. The van der Waals surface area contributed by atoms with E-state index in [2.05, 4.69) is 34.6 Å². The van der Waals surface area contributed by atoms with Crippen molar-refractivity contribution in [2.24, 2.45) is 5.16 Å². The summed E-state index contributed by atoms with van der Waals surface area (Å²) in [5, 5.41) is 5.20. The van der Waals surface area contributed by atoms with Gasteiger partial charge in [0.15, 0.2) is 5.82 Å². The molecule has 2 heterocycles. The quantitative estimate of drug-likeness (QED) is 0.372. The van der Waals surface area contributed by atoms with Crippen molar-refractivity contribution >= 4 is 33.5 Å². The number of hydrogen-bond acceptors (Lipinski definition) is 5. The van der Waals surface area contributed by atoms with E-state index < -0.39 is 0 Å². The Kier molecular flexibility index (Phi) is 5.71. The van der Waals surface area contributed by atoms with Gasteiger partial charge in [0.05, 0.1) is 16.7 Å². The summed E-state index contributed by atoms with van der Waals surface area (Å²) in [6, 6.07) is 8.09. The summed E-state index contributed by atoms with van der Waals surface area (Å²) in [6.45, 7) is 7.61. The summed E-state index contributed by atoms with van der Waals surface area (Å²) in [7, 11) is 0. The normalized spacial score (nSPS) is 12.2. The van der Waals surface area contributed by atoms with Crippen molar-refractivity contribution < 1.29 is 4.84 Å². The van der Waals surface area contributed by atoms with E-state index in [-0.39, 0.29) is 0 Å². The predicted molar refractivity (Wildman–Crippen MR) is 107 cm³/mol. The van der Waals surface area contributed by atoms with Gasteiger partial charge >= 0.3 is 0 Å². The molecule has 3 aromatic rings. The third kappa shape index (κ3) is 3.64. The molecule has 6 nitrogen and oxygen atoms in total. The van der Waals surface area contributed by atoms with Crippen LogP contribution < -0.4 is 5.73 Å². The Morgan fingerprint density at radius 1 is 1.23 bits per heavy atom. The number of aryl methyl sites for hydroxylation is 2. The van der Waals surface area contributed by atoms with E-state index in [1.165, 1.54) is 0 Å². The fraction of sp³-hybridized carbons (Fsp3) is 0.450. The van der Waals surface area contributed by atoms with Crippen LogP contribution in [0.3, 0.4) is 0 Å². The zero-order valence-electron chi connectivity index (χ0n) is 15.8. The monoisotopic (exact) mass is 353 g/mol. The van der Waals surface area contributed by atoms with Gasteiger partial charge in [-0.3, -0.25) is 0 Å². The Morgan fingerprint density at radius 2 is 2.04 bits per heavy atom. The number of hydrogen-bond donors (Lipinski definition) is 1. The maximum atomic E-state index is 6.20. The number of nitrogens with zero attached hydrogens (tertiary/aromatic N) is 4. The number of benzene rings is 1. The Morgan fingerprint density at radius 3 is 2.81 bits per heavy atom. The molecular weight excluding hydrogens is 326 g/mol. The predicted octanol–water partition coefficient (Wildman–Crippen LogP) is 4.31. The standard InChI is InChI=1S/C20H27N5O/c1-4-9-17-23-18-19(15-10-6-7-11-16(15)22-20(18)21)25(17)12-8-13-26-24-14(3)5-2/h6-7,10-11H,4-5,8-9,12-13H2,1-3H3,(H2,21,22)/b24-14-. The lowest BCUT2D eigenvalue weighted by molar-refractivity contribution is 0.137. The second-order valence-corrected chi connectivity index (χ2v) is 6.51. The van der Waals surface area contributed by atoms with Crippen molar-refractivity contribution in [3.05, 3.63) is 30.1 Å². The lowest BCUT2D eigenvalue weighted by Gasteiger charge is -2.10. The second-order valence-electron chi connectivity index (χ2n) is 6.51. The van der Waals surface area contributed by atoms with Gasteiger partial charge in [0.2, 0.25) is 0 Å². The summed E-state index contributed by atoms with van der Waals surface area (Å²) in [4.78, 5) is 14.7. The van der Waals surface area contributed by atoms with Crippen molar-refractivity contribution in [1.82, 2.24) is 14.5 Å². The third-order valence-electron chi connectivity index (χ3n) is 4.51. The fourth-order valence-electron chi connectivity index (χ4n) is 3.07. The van der Waals surface area contributed by atoms with Crippen LogP contribution in [0, 0.1) is 0 Å². The summed E-state index contributed by atoms with van der Waals surface area (Å²) in [5.41, 5.74) is 9.98. The number of nitrogens with two attached hydrogens (primary N) is 1. The van der Waals surface area contributed by atoms with Crippen LogP contribution in [0.25, 0.3) is 21.9 Å². The largest absolute Gasteiger partial charge is 0.396 e. The molecule has 1 aromatic carbocycles. The van der Waals surface area contributed by atoms with Crippen LogP contribution >= 0.6 is 0 Å². The van der Waals surface area contributed by atoms with Gasteiger partial charge in [0, 0.05) is 24.8 Å². The van der Waals surface area contributed by atoms with E-state index in [9.17, 15) is 0 Å². The molecule has 0 saturated carbocycles. The molecule has 0 bridgehead atoms. The number of oxime groups is 1. The van der Waals surface area contributed by atoms with Gasteiger partial charge < -0.3 is 15.1 Å². The Hall–Kier alpha value is -2.63. The molecule has 3 rings (SSSR count). The first kappa shape index (κ1) is 18.2. The van der Waals surface area contributed by atoms with E-state index in [1.54, 1.807) is 0 Å². The number of para-hydroxylation sites is 1. The Balaban J connectivity index is 1.95. The lowest BCUT2D eigenvalue weighted by atomic mass is 10.2. The number of anilines is 1. The molecular formula is C20H27N5O. The minimum atomic E-state index is 0.495. The molecule has 0 spiro atoms. The van der Waals surface area contributed by atoms with Crippen LogP contribution in [-0.4, -0.2) is 26.9 Å². The van der Waals surface area contributed by atoms with E-state index in [0.717, 1.165) is 65.7 Å². The van der Waals surface area contributed by atoms with Crippen LogP contribution in [0.15, 0.2) is 29.4 Å². The summed E-state index contributed by atoms with van der Waals surface area (Å²) < 4.78 is 2.28. The maximum absolute atomic E-state index is 6.20. The van der Waals surface area contributed by atoms with Gasteiger partial charge in [-0.25, -0.2) is 9.97 Å². The first-order valence-electron chi connectivity index (χ1n) is 9.34. The van der Waals surface area contributed by atoms with E-state index in [0.29, 0.717) is 12.4 Å². The van der Waals surface area contributed by atoms with Crippen molar-refractivity contribution in [1.29, 1.82) is 0 Å². The van der Waals surface area contributed by atoms with Crippen LogP contribution in [0.5, 0.6) is 0 Å². The first-order chi connectivity index (χ1) is 12.7. The Bertz CT molecular complexity index is 929. The molecule has 0 fully saturated rings. The van der Waals surface area contributed by atoms with Gasteiger partial charge in [-0.2, -0.15) is 0 Å². The van der Waals surface area contributed by atoms with Crippen molar-refractivity contribution in [3.8, 4) is 0 Å². The lowest BCUT2D eigenvalue weighted by Crippen LogP contribution is -2.07. The maximum Gasteiger partial charge on any atom is 0.152 e. The van der Waals surface area contributed by atoms with Crippen LogP contribution in [-0.2, 0) is 17.8 Å². The van der Waals surface area contributed by atoms with Crippen molar-refractivity contribution in [3.63, 3.8) is 0 Å². The highest BCUT2D eigenvalue weighted by atomic mass is 16.6. The van der Waals surface area contributed by atoms with Gasteiger partial charge in [0.25, 0.3) is 0 Å². The van der Waals surface area contributed by atoms with E-state index >= 15 is 0 Å². The zero-order chi connectivity index (χ0) is 18.5. The Labute approximate surface area is 154 Å². The van der Waals surface area contributed by atoms with Crippen LogP contribution in [0.1, 0.15) is 45.9 Å². The molecule has 0 aliphatic carbocycles. The number of imidazole rings is 1. The van der Waals surface area contributed by atoms with Gasteiger partial charge in [-0.05, 0) is 25.8 Å². The number of fused-ring (bicyclic) bond motifs is 3. The zero-order valence-corrected chi connectivity index (χ0v) is 15.8. The summed E-state index contributed by atoms with van der Waals surface area (Å²) >= 11 is 0. The molecule has 6 heteroatoms. The van der Waals surface area contributed by atoms with E-state index in [4.69, 9.17) is 15.6 Å². The van der Waals surface area contributed by atoms with Gasteiger partial charge in [-0.1, -0.05) is 37.2 Å². The topological polar surface area (TPSA) is 78.3 Å². The number of pyridine rings is 1. The highest BCUT2D eigenvalue weighted by Gasteiger charge is 2.16. The highest BCUT2D eigenvalue weighted by Crippen LogP contribution is 2.29. The first-order valence-corrected chi connectivity index (χ1v) is 9.34. The fourth-order valence-corrected chi connectivity index (χ4v) is 3.07. The highest BCUT2D eigenvalue weighted by molar-refractivity contribution is 6.06.